The van der Waals surface area contributed by atoms with E-state index in [1.54, 1.807) is 49.4 Å². The fraction of sp³-hybridized carbons (Fsp3) is 0.462. The number of likely N-dealkylation sites (tertiary alicyclic amines) is 1. The van der Waals surface area contributed by atoms with E-state index in [0.29, 0.717) is 48.1 Å². The zero-order chi connectivity index (χ0) is 24.1. The van der Waals surface area contributed by atoms with Crippen LogP contribution in [0.1, 0.15) is 41.8 Å². The molecule has 2 aliphatic rings. The number of methoxy groups -OCH3 is 1. The van der Waals surface area contributed by atoms with E-state index in [4.69, 9.17) is 14.2 Å². The molecule has 1 amide bonds. The molecular formula is C26H32N2O6. The predicted molar refractivity (Wildman–Crippen MR) is 126 cm³/mol. The highest BCUT2D eigenvalue weighted by Gasteiger charge is 2.32. The van der Waals surface area contributed by atoms with E-state index < -0.39 is 24.0 Å². The van der Waals surface area contributed by atoms with Gasteiger partial charge in [-0.3, -0.25) is 9.59 Å². The third kappa shape index (κ3) is 5.34. The van der Waals surface area contributed by atoms with Gasteiger partial charge in [0.25, 0.3) is 0 Å². The Hall–Kier alpha value is -3.10. The van der Waals surface area contributed by atoms with Crippen LogP contribution < -0.4 is 19.5 Å². The Balaban J connectivity index is 1.52. The largest absolute Gasteiger partial charge is 0.496 e. The minimum atomic E-state index is -0.978. The van der Waals surface area contributed by atoms with Gasteiger partial charge in [0.05, 0.1) is 24.6 Å². The van der Waals surface area contributed by atoms with Crippen LogP contribution in [0.25, 0.3) is 0 Å². The number of carbonyl (C=O) groups is 2. The quantitative estimate of drug-likeness (QED) is 0.431. The Kier molecular flexibility index (Phi) is 7.70. The molecule has 3 atom stereocenters. The molecule has 8 heteroatoms. The lowest BCUT2D eigenvalue weighted by Crippen LogP contribution is -2.49. The fourth-order valence-electron chi connectivity index (χ4n) is 4.45. The number of hydrogen-bond acceptors (Lipinski definition) is 7. The molecule has 2 N–H and O–H groups in total. The number of fused-ring (bicyclic) bond motifs is 1. The second-order valence-electron chi connectivity index (χ2n) is 8.76. The van der Waals surface area contributed by atoms with Gasteiger partial charge in [-0.05, 0) is 62.7 Å². The van der Waals surface area contributed by atoms with E-state index in [1.807, 2.05) is 0 Å². The molecule has 2 aliphatic heterocycles. The first-order valence-corrected chi connectivity index (χ1v) is 11.8. The van der Waals surface area contributed by atoms with Crippen LogP contribution in [-0.2, 0) is 4.79 Å². The van der Waals surface area contributed by atoms with Crippen LogP contribution >= 0.6 is 0 Å². The molecule has 0 spiro atoms. The van der Waals surface area contributed by atoms with Crippen LogP contribution in [0.3, 0.4) is 0 Å². The van der Waals surface area contributed by atoms with E-state index in [0.717, 1.165) is 25.9 Å². The molecule has 2 heterocycles. The molecule has 0 aromatic heterocycles. The van der Waals surface area contributed by atoms with E-state index in [2.05, 4.69) is 10.2 Å². The van der Waals surface area contributed by atoms with Gasteiger partial charge in [-0.15, -0.1) is 0 Å². The third-order valence-electron chi connectivity index (χ3n) is 6.43. The molecule has 0 radical (unpaired) electrons. The summed E-state index contributed by atoms with van der Waals surface area (Å²) in [6.07, 6.45) is 1.20. The summed E-state index contributed by atoms with van der Waals surface area (Å²) in [5, 5.41) is 14.2. The molecular weight excluding hydrogens is 436 g/mol. The fourth-order valence-corrected chi connectivity index (χ4v) is 4.45. The van der Waals surface area contributed by atoms with Gasteiger partial charge in [0.15, 0.2) is 17.3 Å². The number of aliphatic hydroxyl groups excluding tert-OH is 1. The summed E-state index contributed by atoms with van der Waals surface area (Å²) in [5.74, 6) is -0.0607. The van der Waals surface area contributed by atoms with Crippen molar-refractivity contribution in [3.05, 3.63) is 53.6 Å². The van der Waals surface area contributed by atoms with Crippen molar-refractivity contribution < 1.29 is 28.9 Å². The Labute approximate surface area is 199 Å². The minimum Gasteiger partial charge on any atom is -0.496 e. The summed E-state index contributed by atoms with van der Waals surface area (Å²) in [6.45, 7) is 4.82. The number of Topliss-reactive ketones (excluding diaryl/α,β-unsaturated/α-hetero) is 1. The number of nitrogens with one attached hydrogen (secondary N) is 1. The van der Waals surface area contributed by atoms with Gasteiger partial charge in [0, 0.05) is 6.54 Å². The van der Waals surface area contributed by atoms with E-state index in [9.17, 15) is 14.7 Å². The number of aliphatic hydroxyl groups is 1. The van der Waals surface area contributed by atoms with Crippen LogP contribution in [0.4, 0.5) is 0 Å². The minimum absolute atomic E-state index is 0.330. The number of ketones is 1. The Bertz CT molecular complexity index is 1020. The third-order valence-corrected chi connectivity index (χ3v) is 6.43. The van der Waals surface area contributed by atoms with Gasteiger partial charge in [-0.25, -0.2) is 0 Å². The maximum atomic E-state index is 13.2. The summed E-state index contributed by atoms with van der Waals surface area (Å²) >= 11 is 0. The van der Waals surface area contributed by atoms with Crippen molar-refractivity contribution in [1.29, 1.82) is 0 Å². The molecule has 0 bridgehead atoms. The first-order chi connectivity index (χ1) is 16.5. The van der Waals surface area contributed by atoms with E-state index in [1.165, 1.54) is 7.11 Å². The van der Waals surface area contributed by atoms with E-state index in [-0.39, 0.29) is 5.78 Å². The lowest BCUT2D eigenvalue weighted by atomic mass is 9.96. The van der Waals surface area contributed by atoms with Crippen molar-refractivity contribution in [3.8, 4) is 17.2 Å². The van der Waals surface area contributed by atoms with E-state index >= 15 is 0 Å². The monoisotopic (exact) mass is 468 g/mol. The van der Waals surface area contributed by atoms with Gasteiger partial charge < -0.3 is 29.5 Å². The number of ether oxygens (including phenoxy) is 3. The summed E-state index contributed by atoms with van der Waals surface area (Å²) < 4.78 is 16.5. The molecule has 0 saturated carbocycles. The number of para-hydroxylation sites is 1. The second-order valence-corrected chi connectivity index (χ2v) is 8.76. The Morgan fingerprint density at radius 1 is 1.09 bits per heavy atom. The van der Waals surface area contributed by atoms with Crippen molar-refractivity contribution in [2.75, 3.05) is 40.0 Å². The Morgan fingerprint density at radius 2 is 1.79 bits per heavy atom. The highest BCUT2D eigenvalue weighted by molar-refractivity contribution is 6.11. The van der Waals surface area contributed by atoms with Crippen molar-refractivity contribution >= 4 is 11.7 Å². The standard InChI is InChI=1S/C26H32N2O6/c1-17(24(29)19-7-3-4-8-21(19)32-2)26(31)27-20(16-28-11-5-6-12-28)25(30)18-9-10-22-23(15-18)34-14-13-33-22/h3-4,7-10,15,17,20,25,30H,5-6,11-14,16H2,1-2H3,(H,27,31). The smallest absolute Gasteiger partial charge is 0.231 e. The van der Waals surface area contributed by atoms with Crippen molar-refractivity contribution in [1.82, 2.24) is 10.2 Å². The van der Waals surface area contributed by atoms with Crippen molar-refractivity contribution in [2.45, 2.75) is 31.9 Å². The molecule has 0 aliphatic carbocycles. The SMILES string of the molecule is COc1ccccc1C(=O)C(C)C(=O)NC(CN1CCCC1)C(O)c1ccc2c(c1)OCCO2. The van der Waals surface area contributed by atoms with Crippen LogP contribution in [0, 0.1) is 5.92 Å². The molecule has 2 aromatic carbocycles. The lowest BCUT2D eigenvalue weighted by Gasteiger charge is -2.30. The highest BCUT2D eigenvalue weighted by Crippen LogP contribution is 2.33. The highest BCUT2D eigenvalue weighted by atomic mass is 16.6. The molecule has 1 saturated heterocycles. The molecule has 182 valence electrons. The zero-order valence-electron chi connectivity index (χ0n) is 19.7. The maximum absolute atomic E-state index is 13.2. The van der Waals surface area contributed by atoms with Gasteiger partial charge in [0.1, 0.15) is 25.1 Å². The summed E-state index contributed by atoms with van der Waals surface area (Å²) in [6, 6.07) is 11.6. The number of nitrogens with zero attached hydrogens (tertiary/aromatic N) is 1. The van der Waals surface area contributed by atoms with Crippen LogP contribution in [-0.4, -0.2) is 67.7 Å². The van der Waals surface area contributed by atoms with Crippen LogP contribution in [0.15, 0.2) is 42.5 Å². The van der Waals surface area contributed by atoms with Crippen LogP contribution in [0.5, 0.6) is 17.2 Å². The average molecular weight is 469 g/mol. The number of amides is 1. The summed E-state index contributed by atoms with van der Waals surface area (Å²) in [5.41, 5.74) is 0.980. The van der Waals surface area contributed by atoms with Crippen LogP contribution in [0.2, 0.25) is 0 Å². The predicted octanol–water partition coefficient (Wildman–Crippen LogP) is 2.60. The number of carbonyl (C=O) groups excluding carboxylic acids is 2. The van der Waals surface area contributed by atoms with Crippen molar-refractivity contribution in [2.24, 2.45) is 5.92 Å². The Morgan fingerprint density at radius 3 is 2.53 bits per heavy atom. The topological polar surface area (TPSA) is 97.3 Å². The van der Waals surface area contributed by atoms with Crippen molar-refractivity contribution in [3.63, 3.8) is 0 Å². The summed E-state index contributed by atoms with van der Waals surface area (Å²) in [7, 11) is 1.49. The maximum Gasteiger partial charge on any atom is 0.231 e. The molecule has 8 nitrogen and oxygen atoms in total. The lowest BCUT2D eigenvalue weighted by molar-refractivity contribution is -0.125. The molecule has 34 heavy (non-hydrogen) atoms. The summed E-state index contributed by atoms with van der Waals surface area (Å²) in [4.78, 5) is 28.4. The first-order valence-electron chi connectivity index (χ1n) is 11.8. The van der Waals surface area contributed by atoms with Gasteiger partial charge in [-0.1, -0.05) is 18.2 Å². The number of hydrogen-bond donors (Lipinski definition) is 2. The average Bonchev–Trinajstić information content (AvgIpc) is 3.39. The molecule has 2 aromatic rings. The number of rotatable bonds is 9. The first kappa shape index (κ1) is 24.0. The zero-order valence-corrected chi connectivity index (χ0v) is 19.7. The number of benzene rings is 2. The van der Waals surface area contributed by atoms with Gasteiger partial charge in [0.2, 0.25) is 5.91 Å². The normalized spacial score (nSPS) is 18.1. The molecule has 1 fully saturated rings. The second kappa shape index (κ2) is 10.9. The molecule has 4 rings (SSSR count). The van der Waals surface area contributed by atoms with Gasteiger partial charge in [-0.2, -0.15) is 0 Å². The molecule has 3 unspecified atom stereocenters. The van der Waals surface area contributed by atoms with Gasteiger partial charge >= 0.3 is 0 Å².